The van der Waals surface area contributed by atoms with Crippen molar-refractivity contribution in [2.75, 3.05) is 0 Å². The maximum atomic E-state index is 0. The van der Waals surface area contributed by atoms with Gasteiger partial charge in [0.15, 0.2) is 0 Å². The molecule has 1 radical (unpaired) electrons. The molecular formula is H3As2FFeLaO. The van der Waals surface area contributed by atoms with Gasteiger partial charge in [0.2, 0.25) is 0 Å². The molecule has 0 spiro atoms. The second-order valence-corrected chi connectivity index (χ2v) is 0. The molecule has 6 heavy (non-hydrogen) atoms. The Hall–Kier alpha value is 2.72. The zero-order chi connectivity index (χ0) is 0. The largest absolute Gasteiger partial charge is 3.00 e. The van der Waals surface area contributed by atoms with Gasteiger partial charge in [0.25, 0.3) is 0 Å². The van der Waals surface area contributed by atoms with E-state index in [1.54, 1.807) is 0 Å². The minimum Gasteiger partial charge on any atom is -3.00 e. The number of halogens is 1. The summed E-state index contributed by atoms with van der Waals surface area (Å²) in [7, 11) is 0. The Morgan fingerprint density at radius 1 is 0.833 bits per heavy atom. The van der Waals surface area contributed by atoms with Crippen LogP contribution in [0.5, 0.6) is 0 Å². The topological polar surface area (TPSA) is 31.5 Å². The molecule has 0 unspecified atom stereocenters. The summed E-state index contributed by atoms with van der Waals surface area (Å²) in [6, 6.07) is 0. The number of hydrogen-bond acceptors (Lipinski definition) is 0. The van der Waals surface area contributed by atoms with Gasteiger partial charge in [-0.2, -0.15) is 0 Å². The van der Waals surface area contributed by atoms with Crippen LogP contribution >= 0.6 is 0 Å². The van der Waals surface area contributed by atoms with Gasteiger partial charge in [0.05, 0.1) is 0 Å². The molecule has 0 fully saturated rings. The zero-order valence-corrected chi connectivity index (χ0v) is 11.2. The standard InChI is InChI=1S/2As.FH.Fe.La.H2O/h;;1H;;;1H2/q2*-3;;2*+3;. The summed E-state index contributed by atoms with van der Waals surface area (Å²) >= 11 is 0. The van der Waals surface area contributed by atoms with E-state index in [1.807, 2.05) is 0 Å². The molecular weight excluding hydrogens is 380 g/mol. The van der Waals surface area contributed by atoms with Crippen LogP contribution in [0.2, 0.25) is 0 Å². The van der Waals surface area contributed by atoms with Crippen LogP contribution in [-0.4, -0.2) is 41.4 Å². The Morgan fingerprint density at radius 2 is 0.833 bits per heavy atom. The van der Waals surface area contributed by atoms with Crippen LogP contribution in [0.25, 0.3) is 0 Å². The summed E-state index contributed by atoms with van der Waals surface area (Å²) in [6.07, 6.45) is 0. The summed E-state index contributed by atoms with van der Waals surface area (Å²) in [4.78, 5) is 0. The molecule has 0 aliphatic rings. The van der Waals surface area contributed by atoms with Crippen molar-refractivity contribution in [2.45, 2.75) is 0 Å². The molecule has 2 N–H and O–H groups in total. The second kappa shape index (κ2) is 47.1. The van der Waals surface area contributed by atoms with Gasteiger partial charge in [0.1, 0.15) is 0 Å². The fraction of sp³-hybridized carbons (Fsp3) is 0. The van der Waals surface area contributed by atoms with E-state index in [0.717, 1.165) is 0 Å². The van der Waals surface area contributed by atoms with Gasteiger partial charge in [-0.1, -0.05) is 0 Å². The zero-order valence-electron chi connectivity index (χ0n) is 2.73. The maximum absolute atomic E-state index is 0. The molecule has 0 rings (SSSR count). The van der Waals surface area contributed by atoms with Crippen molar-refractivity contribution < 1.29 is 62.8 Å². The normalized spacial score (nSPS) is 0. The molecule has 0 amide bonds. The van der Waals surface area contributed by atoms with Crippen molar-refractivity contribution in [1.29, 1.82) is 0 Å². The first kappa shape index (κ1) is 70.2. The van der Waals surface area contributed by atoms with Gasteiger partial charge in [0, 0.05) is 0 Å². The molecule has 0 aliphatic heterocycles. The van der Waals surface area contributed by atoms with Crippen LogP contribution in [0.4, 0.5) is 4.70 Å². The third-order valence-corrected chi connectivity index (χ3v) is 0. The molecule has 0 aromatic rings. The van der Waals surface area contributed by atoms with Crippen LogP contribution in [-0.2, 0) is 17.1 Å². The van der Waals surface area contributed by atoms with Crippen LogP contribution in [0.15, 0.2) is 0 Å². The molecule has 0 aromatic heterocycles. The molecule has 0 aliphatic carbocycles. The van der Waals surface area contributed by atoms with Crippen LogP contribution in [0, 0.1) is 35.6 Å². The summed E-state index contributed by atoms with van der Waals surface area (Å²) in [5.74, 6) is 0. The predicted octanol–water partition coefficient (Wildman–Crippen LogP) is -1.44. The fourth-order valence-corrected chi connectivity index (χ4v) is 0. The second-order valence-electron chi connectivity index (χ2n) is 0. The van der Waals surface area contributed by atoms with E-state index in [1.165, 1.54) is 0 Å². The molecule has 6 heteroatoms. The van der Waals surface area contributed by atoms with E-state index >= 15 is 0 Å². The molecule has 0 saturated carbocycles. The van der Waals surface area contributed by atoms with Gasteiger partial charge < -0.3 is 41.4 Å². The van der Waals surface area contributed by atoms with Crippen molar-refractivity contribution in [2.24, 2.45) is 0 Å². The summed E-state index contributed by atoms with van der Waals surface area (Å²) in [6.45, 7) is 0. The van der Waals surface area contributed by atoms with Gasteiger partial charge >= 0.3 is 52.7 Å². The van der Waals surface area contributed by atoms with Crippen LogP contribution in [0.3, 0.4) is 0 Å². The van der Waals surface area contributed by atoms with Gasteiger partial charge in [-0.05, 0) is 0 Å². The minimum absolute atomic E-state index is 0. The van der Waals surface area contributed by atoms with Gasteiger partial charge in [-0.3, -0.25) is 4.70 Å². The third-order valence-electron chi connectivity index (χ3n) is 0. The van der Waals surface area contributed by atoms with Crippen molar-refractivity contribution in [3.63, 3.8) is 0 Å². The Morgan fingerprint density at radius 3 is 0.833 bits per heavy atom. The van der Waals surface area contributed by atoms with E-state index in [0.29, 0.717) is 0 Å². The van der Waals surface area contributed by atoms with E-state index in [-0.39, 0.29) is 98.8 Å². The Kier molecular flexibility index (Phi) is 551. The summed E-state index contributed by atoms with van der Waals surface area (Å²) in [5, 5.41) is 0. The monoisotopic (exact) mass is 383 g/mol. The quantitative estimate of drug-likeness (QED) is 0.460. The number of rotatable bonds is 0. The predicted molar refractivity (Wildman–Crippen MR) is 17.6 cm³/mol. The Balaban J connectivity index is 0. The van der Waals surface area contributed by atoms with E-state index < -0.39 is 0 Å². The molecule has 0 heterocycles. The van der Waals surface area contributed by atoms with Crippen LogP contribution in [0.1, 0.15) is 0 Å². The molecule has 1 nitrogen and oxygen atoms in total. The minimum atomic E-state index is 0. The van der Waals surface area contributed by atoms with Crippen molar-refractivity contribution in [3.05, 3.63) is 0 Å². The van der Waals surface area contributed by atoms with Gasteiger partial charge in [-0.15, -0.1) is 0 Å². The van der Waals surface area contributed by atoms with E-state index in [2.05, 4.69) is 0 Å². The van der Waals surface area contributed by atoms with Crippen molar-refractivity contribution in [1.82, 2.24) is 0 Å². The SMILES string of the molecule is F.O.[As-3].[As-3].[Fe+3].[La+3]. The average Bonchev–Trinajstić information content (AvgIpc) is 0. The van der Waals surface area contributed by atoms with Crippen LogP contribution < -0.4 is 0 Å². The Bertz CT molecular complexity index is 13.5. The first-order valence-corrected chi connectivity index (χ1v) is 0. The third kappa shape index (κ3) is 29.7. The summed E-state index contributed by atoms with van der Waals surface area (Å²) < 4.78 is 0. The smallest absolute Gasteiger partial charge is 3.00 e. The first-order chi connectivity index (χ1) is 0. The first-order valence-electron chi connectivity index (χ1n) is 0. The fourth-order valence-electron chi connectivity index (χ4n) is 0. The number of hydrogen-bond donors (Lipinski definition) is 0. The molecule has 0 aromatic carbocycles. The molecule has 0 saturated heterocycles. The summed E-state index contributed by atoms with van der Waals surface area (Å²) in [5.41, 5.74) is 0. The maximum Gasteiger partial charge on any atom is 3.00 e. The van der Waals surface area contributed by atoms with E-state index in [9.17, 15) is 0 Å². The molecule has 37 valence electrons. The van der Waals surface area contributed by atoms with Crippen molar-refractivity contribution >= 4 is 35.9 Å². The molecule has 0 atom stereocenters. The molecule has 0 bridgehead atoms. The van der Waals surface area contributed by atoms with Crippen molar-refractivity contribution in [3.8, 4) is 0 Å². The van der Waals surface area contributed by atoms with E-state index in [4.69, 9.17) is 0 Å². The Labute approximate surface area is 97.1 Å². The average molecular weight is 383 g/mol. The van der Waals surface area contributed by atoms with Gasteiger partial charge in [-0.25, -0.2) is 0 Å².